The molecule has 0 aliphatic heterocycles. The molecule has 116 valence electrons. The van der Waals surface area contributed by atoms with Crippen LogP contribution in [0.3, 0.4) is 0 Å². The molecular formula is C13H13BrN4O3S. The molecule has 1 aromatic heterocycles. The molecule has 0 saturated heterocycles. The maximum Gasteiger partial charge on any atom is 0.344 e. The normalized spacial score (nSPS) is 12.3. The number of carboxylic acids is 1. The summed E-state index contributed by atoms with van der Waals surface area (Å²) in [5.74, 6) is -0.200. The van der Waals surface area contributed by atoms with E-state index in [1.165, 1.54) is 24.5 Å². The largest absolute Gasteiger partial charge is 0.479 e. The molecule has 0 saturated carbocycles. The number of thiazole rings is 1. The number of carboxylic acid groups (broad SMARTS) is 1. The summed E-state index contributed by atoms with van der Waals surface area (Å²) < 4.78 is 6.22. The number of nitrogen functional groups attached to an aromatic ring is 1. The Morgan fingerprint density at radius 3 is 3.05 bits per heavy atom. The molecular weight excluding hydrogens is 372 g/mol. The first kappa shape index (κ1) is 16.2. The number of aromatic nitrogens is 1. The Balaban J connectivity index is 2.14. The van der Waals surface area contributed by atoms with E-state index in [4.69, 9.17) is 15.6 Å². The average molecular weight is 385 g/mol. The van der Waals surface area contributed by atoms with Gasteiger partial charge in [0.15, 0.2) is 6.10 Å². The van der Waals surface area contributed by atoms with Crippen molar-refractivity contribution < 1.29 is 14.6 Å². The van der Waals surface area contributed by atoms with Crippen LogP contribution in [0.5, 0.6) is 5.75 Å². The van der Waals surface area contributed by atoms with E-state index in [9.17, 15) is 4.79 Å². The quantitative estimate of drug-likeness (QED) is 0.521. The minimum atomic E-state index is -1.04. The Bertz CT molecular complexity index is 704. The molecule has 1 aromatic carbocycles. The van der Waals surface area contributed by atoms with Gasteiger partial charge in [-0.25, -0.2) is 9.78 Å². The molecule has 1 heterocycles. The number of ether oxygens (including phenoxy) is 1. The molecule has 0 aliphatic rings. The molecule has 0 aliphatic carbocycles. The van der Waals surface area contributed by atoms with Gasteiger partial charge in [0.2, 0.25) is 5.13 Å². The van der Waals surface area contributed by atoms with E-state index in [0.29, 0.717) is 22.3 Å². The van der Waals surface area contributed by atoms with Crippen LogP contribution in [0.1, 0.15) is 12.5 Å². The molecule has 0 spiro atoms. The molecule has 2 rings (SSSR count). The van der Waals surface area contributed by atoms with Crippen LogP contribution in [0, 0.1) is 0 Å². The number of nitrogens with two attached hydrogens (primary N) is 1. The maximum atomic E-state index is 10.9. The zero-order chi connectivity index (χ0) is 16.1. The van der Waals surface area contributed by atoms with Crippen LogP contribution in [0.2, 0.25) is 0 Å². The molecule has 7 nitrogen and oxygen atoms in total. The third kappa shape index (κ3) is 4.43. The van der Waals surface area contributed by atoms with E-state index in [1.54, 1.807) is 23.6 Å². The van der Waals surface area contributed by atoms with Gasteiger partial charge in [-0.1, -0.05) is 15.9 Å². The first-order valence-corrected chi connectivity index (χ1v) is 7.82. The van der Waals surface area contributed by atoms with Gasteiger partial charge in [-0.15, -0.1) is 11.3 Å². The molecule has 1 unspecified atom stereocenters. The van der Waals surface area contributed by atoms with E-state index in [-0.39, 0.29) is 0 Å². The SMILES string of the molecule is CC(Oc1ccc(Br)cc1C=NNc1nc(N)cs1)C(=O)O. The number of anilines is 2. The van der Waals surface area contributed by atoms with Crippen LogP contribution < -0.4 is 15.9 Å². The van der Waals surface area contributed by atoms with E-state index in [0.717, 1.165) is 4.47 Å². The Morgan fingerprint density at radius 2 is 2.41 bits per heavy atom. The van der Waals surface area contributed by atoms with E-state index in [2.05, 4.69) is 31.4 Å². The minimum Gasteiger partial charge on any atom is -0.479 e. The third-order valence-electron chi connectivity index (χ3n) is 2.51. The minimum absolute atomic E-state index is 0.419. The number of aliphatic carboxylic acids is 1. The van der Waals surface area contributed by atoms with Crippen LogP contribution in [-0.2, 0) is 4.79 Å². The standard InChI is InChI=1S/C13H13BrN4O3S/c1-7(12(19)20)21-10-3-2-9(14)4-8(10)5-16-18-13-17-11(15)6-22-13/h2-7H,15H2,1H3,(H,17,18)(H,19,20). The lowest BCUT2D eigenvalue weighted by molar-refractivity contribution is -0.144. The van der Waals surface area contributed by atoms with Gasteiger partial charge in [-0.3, -0.25) is 5.43 Å². The number of hydrazone groups is 1. The van der Waals surface area contributed by atoms with Crippen molar-refractivity contribution >= 4 is 50.4 Å². The second-order valence-electron chi connectivity index (χ2n) is 4.23. The lowest BCUT2D eigenvalue weighted by Gasteiger charge is -2.12. The van der Waals surface area contributed by atoms with Crippen LogP contribution >= 0.6 is 27.3 Å². The van der Waals surface area contributed by atoms with Gasteiger partial charge in [0.1, 0.15) is 11.6 Å². The third-order valence-corrected chi connectivity index (χ3v) is 3.77. The van der Waals surface area contributed by atoms with Crippen molar-refractivity contribution in [3.63, 3.8) is 0 Å². The zero-order valence-electron chi connectivity index (χ0n) is 11.5. The zero-order valence-corrected chi connectivity index (χ0v) is 13.9. The molecule has 9 heteroatoms. The van der Waals surface area contributed by atoms with Crippen LogP contribution in [0.4, 0.5) is 10.9 Å². The number of nitrogens with one attached hydrogen (secondary N) is 1. The van der Waals surface area contributed by atoms with Crippen molar-refractivity contribution in [1.29, 1.82) is 0 Å². The summed E-state index contributed by atoms with van der Waals surface area (Å²) in [6, 6.07) is 5.20. The maximum absolute atomic E-state index is 10.9. The highest BCUT2D eigenvalue weighted by molar-refractivity contribution is 9.10. The number of hydrogen-bond acceptors (Lipinski definition) is 7. The summed E-state index contributed by atoms with van der Waals surface area (Å²) in [7, 11) is 0. The summed E-state index contributed by atoms with van der Waals surface area (Å²) in [6.07, 6.45) is 0.562. The number of halogens is 1. The predicted molar refractivity (Wildman–Crippen MR) is 89.6 cm³/mol. The number of carbonyl (C=O) groups is 1. The molecule has 0 bridgehead atoms. The average Bonchev–Trinajstić information content (AvgIpc) is 2.87. The van der Waals surface area contributed by atoms with Crippen molar-refractivity contribution in [3.8, 4) is 5.75 Å². The van der Waals surface area contributed by atoms with E-state index < -0.39 is 12.1 Å². The highest BCUT2D eigenvalue weighted by Gasteiger charge is 2.14. The lowest BCUT2D eigenvalue weighted by atomic mass is 10.2. The molecule has 22 heavy (non-hydrogen) atoms. The monoisotopic (exact) mass is 384 g/mol. The second-order valence-corrected chi connectivity index (χ2v) is 6.00. The Hall–Kier alpha value is -2.13. The Morgan fingerprint density at radius 1 is 1.64 bits per heavy atom. The lowest BCUT2D eigenvalue weighted by Crippen LogP contribution is -2.23. The van der Waals surface area contributed by atoms with Gasteiger partial charge in [0.05, 0.1) is 6.21 Å². The van der Waals surface area contributed by atoms with Crippen molar-refractivity contribution in [1.82, 2.24) is 4.98 Å². The Kier molecular flexibility index (Phi) is 5.34. The molecule has 0 radical (unpaired) electrons. The van der Waals surface area contributed by atoms with Gasteiger partial charge >= 0.3 is 5.97 Å². The van der Waals surface area contributed by atoms with Crippen molar-refractivity contribution in [3.05, 3.63) is 33.6 Å². The van der Waals surface area contributed by atoms with E-state index >= 15 is 0 Å². The number of rotatable bonds is 6. The van der Waals surface area contributed by atoms with Gasteiger partial charge < -0.3 is 15.6 Å². The second kappa shape index (κ2) is 7.23. The van der Waals surface area contributed by atoms with Gasteiger partial charge in [0.25, 0.3) is 0 Å². The predicted octanol–water partition coefficient (Wildman–Crippen LogP) is 2.79. The smallest absolute Gasteiger partial charge is 0.344 e. The first-order valence-electron chi connectivity index (χ1n) is 6.15. The van der Waals surface area contributed by atoms with Crippen LogP contribution in [-0.4, -0.2) is 28.4 Å². The molecule has 0 fully saturated rings. The van der Waals surface area contributed by atoms with Gasteiger partial charge in [-0.05, 0) is 25.1 Å². The summed E-state index contributed by atoms with van der Waals surface area (Å²) in [4.78, 5) is 14.9. The Labute approximate surface area is 139 Å². The molecule has 1 atom stereocenters. The van der Waals surface area contributed by atoms with Crippen LogP contribution in [0.25, 0.3) is 0 Å². The fourth-order valence-corrected chi connectivity index (χ4v) is 2.39. The van der Waals surface area contributed by atoms with Crippen molar-refractivity contribution in [2.24, 2.45) is 5.10 Å². The van der Waals surface area contributed by atoms with Crippen molar-refractivity contribution in [2.75, 3.05) is 11.2 Å². The number of benzene rings is 1. The topological polar surface area (TPSA) is 110 Å². The summed E-state index contributed by atoms with van der Waals surface area (Å²) in [5.41, 5.74) is 8.89. The highest BCUT2D eigenvalue weighted by Crippen LogP contribution is 2.23. The molecule has 0 amide bonds. The fraction of sp³-hybridized carbons (Fsp3) is 0.154. The first-order chi connectivity index (χ1) is 10.5. The van der Waals surface area contributed by atoms with Gasteiger partial charge in [-0.2, -0.15) is 5.10 Å². The van der Waals surface area contributed by atoms with Crippen LogP contribution in [0.15, 0.2) is 33.2 Å². The highest BCUT2D eigenvalue weighted by atomic mass is 79.9. The van der Waals surface area contributed by atoms with E-state index in [1.807, 2.05) is 0 Å². The number of hydrogen-bond donors (Lipinski definition) is 3. The number of nitrogens with zero attached hydrogens (tertiary/aromatic N) is 2. The summed E-state index contributed by atoms with van der Waals surface area (Å²) in [6.45, 7) is 1.46. The fourth-order valence-electron chi connectivity index (χ4n) is 1.46. The summed E-state index contributed by atoms with van der Waals surface area (Å²) in [5, 5.41) is 15.2. The molecule has 4 N–H and O–H groups in total. The summed E-state index contributed by atoms with van der Waals surface area (Å²) >= 11 is 4.68. The van der Waals surface area contributed by atoms with Crippen molar-refractivity contribution in [2.45, 2.75) is 13.0 Å². The molecule has 2 aromatic rings. The van der Waals surface area contributed by atoms with Gasteiger partial charge in [0, 0.05) is 15.4 Å².